The third-order valence-electron chi connectivity index (χ3n) is 8.46. The molecule has 0 unspecified atom stereocenters. The van der Waals surface area contributed by atoms with E-state index in [0.29, 0.717) is 55.2 Å². The molecule has 3 aromatic carbocycles. The summed E-state index contributed by atoms with van der Waals surface area (Å²) < 4.78 is 96.4. The molecule has 3 heterocycles. The molecule has 1 N–H and O–H groups in total. The predicted octanol–water partition coefficient (Wildman–Crippen LogP) is 5.89. The van der Waals surface area contributed by atoms with E-state index >= 15 is 0 Å². The molecule has 9 nitrogen and oxygen atoms in total. The number of rotatable bonds is 8. The Morgan fingerprint density at radius 1 is 0.878 bits per heavy atom. The van der Waals surface area contributed by atoms with E-state index in [2.05, 4.69) is 15.3 Å². The lowest BCUT2D eigenvalue weighted by atomic mass is 10.1. The highest BCUT2D eigenvalue weighted by molar-refractivity contribution is 7.89. The molecule has 0 aliphatic carbocycles. The average molecular weight is 721 g/mol. The summed E-state index contributed by atoms with van der Waals surface area (Å²) in [5, 5.41) is 2.75. The van der Waals surface area contributed by atoms with Crippen LogP contribution in [0.5, 0.6) is 0 Å². The van der Waals surface area contributed by atoms with Gasteiger partial charge in [-0.15, -0.1) is 0 Å². The fourth-order valence-electron chi connectivity index (χ4n) is 5.95. The van der Waals surface area contributed by atoms with Crippen molar-refractivity contribution in [3.63, 3.8) is 0 Å². The van der Waals surface area contributed by atoms with Crippen molar-refractivity contribution in [1.29, 1.82) is 0 Å². The normalized spacial score (nSPS) is 17.4. The van der Waals surface area contributed by atoms with Crippen molar-refractivity contribution in [3.8, 4) is 11.3 Å². The highest BCUT2D eigenvalue weighted by atomic mass is 35.5. The van der Waals surface area contributed by atoms with E-state index < -0.39 is 44.4 Å². The number of piperazine rings is 1. The van der Waals surface area contributed by atoms with Crippen molar-refractivity contribution in [1.82, 2.24) is 19.6 Å². The number of carbonyl (C=O) groups is 1. The van der Waals surface area contributed by atoms with E-state index in [1.807, 2.05) is 9.80 Å². The van der Waals surface area contributed by atoms with Crippen LogP contribution in [0.2, 0.25) is 5.02 Å². The molecular formula is C33H30ClF5N6O3S. The molecule has 1 atom stereocenters. The minimum Gasteiger partial charge on any atom is -0.366 e. The molecule has 0 radical (unpaired) electrons. The Labute approximate surface area is 284 Å². The number of hydrogen-bond donors (Lipinski definition) is 1. The smallest absolute Gasteiger partial charge is 0.366 e. The van der Waals surface area contributed by atoms with Gasteiger partial charge in [0.15, 0.2) is 0 Å². The zero-order chi connectivity index (χ0) is 34.9. The first-order valence-electron chi connectivity index (χ1n) is 15.4. The zero-order valence-electron chi connectivity index (χ0n) is 25.8. The number of hydrogen-bond acceptors (Lipinski definition) is 7. The maximum atomic E-state index is 14.6. The molecule has 0 saturated carbocycles. The SMILES string of the molecule is O=C(NCc1cc(-c2ccc(C(F)(F)F)cc2)nc(N2CCN(c3ccccc3F)CC2)n1)[C@@H]1CCCN1S(=O)(=O)c1ccc(Cl)cc1F. The quantitative estimate of drug-likeness (QED) is 0.227. The van der Waals surface area contributed by atoms with Gasteiger partial charge >= 0.3 is 6.18 Å². The number of halogens is 6. The fourth-order valence-corrected chi connectivity index (χ4v) is 7.81. The van der Waals surface area contributed by atoms with Gasteiger partial charge in [-0.1, -0.05) is 35.9 Å². The van der Waals surface area contributed by atoms with Crippen LogP contribution in [0.25, 0.3) is 11.3 Å². The van der Waals surface area contributed by atoms with E-state index in [9.17, 15) is 35.2 Å². The van der Waals surface area contributed by atoms with Gasteiger partial charge in [0.2, 0.25) is 21.9 Å². The predicted molar refractivity (Wildman–Crippen MR) is 173 cm³/mol. The molecule has 49 heavy (non-hydrogen) atoms. The van der Waals surface area contributed by atoms with Crippen LogP contribution in [-0.4, -0.2) is 67.4 Å². The maximum absolute atomic E-state index is 14.6. The first-order chi connectivity index (χ1) is 23.3. The van der Waals surface area contributed by atoms with E-state index in [0.717, 1.165) is 28.6 Å². The van der Waals surface area contributed by atoms with Gasteiger partial charge in [-0.2, -0.15) is 17.5 Å². The number of para-hydroxylation sites is 1. The molecule has 2 fully saturated rings. The Balaban J connectivity index is 1.23. The molecule has 2 aliphatic rings. The lowest BCUT2D eigenvalue weighted by Crippen LogP contribution is -2.47. The van der Waals surface area contributed by atoms with Gasteiger partial charge in [-0.05, 0) is 61.4 Å². The molecule has 2 saturated heterocycles. The molecule has 1 aromatic heterocycles. The molecule has 4 aromatic rings. The number of amides is 1. The Hall–Kier alpha value is -4.34. The van der Waals surface area contributed by atoms with Gasteiger partial charge in [-0.25, -0.2) is 27.2 Å². The second kappa shape index (κ2) is 13.9. The van der Waals surface area contributed by atoms with Crippen LogP contribution in [0.3, 0.4) is 0 Å². The zero-order valence-corrected chi connectivity index (χ0v) is 27.4. The lowest BCUT2D eigenvalue weighted by Gasteiger charge is -2.36. The Morgan fingerprint density at radius 3 is 2.24 bits per heavy atom. The van der Waals surface area contributed by atoms with Crippen LogP contribution in [-0.2, 0) is 27.5 Å². The average Bonchev–Trinajstić information content (AvgIpc) is 3.59. The van der Waals surface area contributed by atoms with Crippen LogP contribution in [0.4, 0.5) is 33.6 Å². The van der Waals surface area contributed by atoms with Crippen molar-refractivity contribution in [2.75, 3.05) is 42.5 Å². The summed E-state index contributed by atoms with van der Waals surface area (Å²) in [7, 11) is -4.37. The molecule has 2 aliphatic heterocycles. The van der Waals surface area contributed by atoms with Crippen molar-refractivity contribution in [3.05, 3.63) is 101 Å². The molecule has 0 spiro atoms. The number of alkyl halides is 3. The lowest BCUT2D eigenvalue weighted by molar-refractivity contribution is -0.137. The minimum atomic E-state index is -4.52. The molecule has 258 valence electrons. The number of aromatic nitrogens is 2. The topological polar surface area (TPSA) is 98.7 Å². The third-order valence-corrected chi connectivity index (χ3v) is 10.6. The monoisotopic (exact) mass is 720 g/mol. The van der Waals surface area contributed by atoms with Crippen molar-refractivity contribution in [2.24, 2.45) is 0 Å². The summed E-state index contributed by atoms with van der Waals surface area (Å²) in [5.74, 6) is -1.73. The van der Waals surface area contributed by atoms with E-state index in [-0.39, 0.29) is 36.3 Å². The molecular weight excluding hydrogens is 691 g/mol. The van der Waals surface area contributed by atoms with E-state index in [4.69, 9.17) is 11.6 Å². The van der Waals surface area contributed by atoms with Gasteiger partial charge in [0.05, 0.1) is 29.2 Å². The van der Waals surface area contributed by atoms with Gasteiger partial charge in [-0.3, -0.25) is 4.79 Å². The standard InChI is InChI=1S/C33H30ClF5N6O3S/c34-23-11-12-30(26(36)18-23)49(47,48)45-13-3-6-29(45)31(46)40-20-24-19-27(21-7-9-22(10-8-21)33(37,38)39)42-32(41-24)44-16-14-43(15-17-44)28-5-2-1-4-25(28)35/h1-2,4-5,7-12,18-19,29H,3,6,13-17,20H2,(H,40,46)/t29-/m0/s1. The summed E-state index contributed by atoms with van der Waals surface area (Å²) in [4.78, 5) is 25.8. The van der Waals surface area contributed by atoms with Gasteiger partial charge in [0.1, 0.15) is 22.6 Å². The molecule has 16 heteroatoms. The summed E-state index contributed by atoms with van der Waals surface area (Å²) in [5.41, 5.74) is 0.652. The summed E-state index contributed by atoms with van der Waals surface area (Å²) in [6, 6.07) is 14.5. The highest BCUT2D eigenvalue weighted by Gasteiger charge is 2.40. The second-order valence-electron chi connectivity index (χ2n) is 11.6. The molecule has 6 rings (SSSR count). The van der Waals surface area contributed by atoms with E-state index in [1.54, 1.807) is 18.2 Å². The van der Waals surface area contributed by atoms with Crippen molar-refractivity contribution in [2.45, 2.75) is 36.5 Å². The third kappa shape index (κ3) is 7.48. The van der Waals surface area contributed by atoms with Crippen LogP contribution >= 0.6 is 11.6 Å². The number of nitrogens with one attached hydrogen (secondary N) is 1. The summed E-state index contributed by atoms with van der Waals surface area (Å²) >= 11 is 5.79. The Kier molecular flexibility index (Phi) is 9.78. The number of nitrogens with zero attached hydrogens (tertiary/aromatic N) is 5. The molecule has 0 bridgehead atoms. The first-order valence-corrected chi connectivity index (χ1v) is 17.2. The van der Waals surface area contributed by atoms with Crippen molar-refractivity contribution >= 4 is 39.2 Å². The number of carbonyl (C=O) groups excluding carboxylic acids is 1. The van der Waals surface area contributed by atoms with Gasteiger partial charge in [0, 0.05) is 43.3 Å². The summed E-state index contributed by atoms with van der Waals surface area (Å²) in [6.45, 7) is 1.57. The Bertz CT molecular complexity index is 1960. The van der Waals surface area contributed by atoms with Crippen LogP contribution < -0.4 is 15.1 Å². The number of benzene rings is 3. The largest absolute Gasteiger partial charge is 0.416 e. The van der Waals surface area contributed by atoms with E-state index in [1.165, 1.54) is 30.3 Å². The van der Waals surface area contributed by atoms with Gasteiger partial charge in [0.25, 0.3) is 0 Å². The van der Waals surface area contributed by atoms with Crippen LogP contribution in [0.15, 0.2) is 77.7 Å². The second-order valence-corrected chi connectivity index (χ2v) is 13.9. The highest BCUT2D eigenvalue weighted by Crippen LogP contribution is 2.32. The van der Waals surface area contributed by atoms with Gasteiger partial charge < -0.3 is 15.1 Å². The first kappa shape index (κ1) is 34.5. The Morgan fingerprint density at radius 2 is 1.57 bits per heavy atom. The number of anilines is 2. The maximum Gasteiger partial charge on any atom is 0.416 e. The van der Waals surface area contributed by atoms with Crippen LogP contribution in [0.1, 0.15) is 24.1 Å². The fraction of sp³-hybridized carbons (Fsp3) is 0.303. The minimum absolute atomic E-state index is 0.0110. The number of sulfonamides is 1. The van der Waals surface area contributed by atoms with Crippen molar-refractivity contribution < 1.29 is 35.2 Å². The summed E-state index contributed by atoms with van der Waals surface area (Å²) in [6.07, 6.45) is -3.94. The van der Waals surface area contributed by atoms with Crippen LogP contribution in [0, 0.1) is 11.6 Å². The molecule has 1 amide bonds.